The molecule has 1 unspecified atom stereocenters. The number of rotatable bonds is 12. The van der Waals surface area contributed by atoms with Crippen LogP contribution in [0.25, 0.3) is 11.0 Å². The highest BCUT2D eigenvalue weighted by Gasteiger charge is 2.24. The van der Waals surface area contributed by atoms with Crippen molar-refractivity contribution in [3.8, 4) is 0 Å². The van der Waals surface area contributed by atoms with Crippen LogP contribution in [0.1, 0.15) is 79.8 Å². The number of carbonyl (C=O) groups excluding carboxylic acids is 2. The molecular formula is C29H36N4O3S. The third-order valence-corrected chi connectivity index (χ3v) is 7.47. The van der Waals surface area contributed by atoms with Gasteiger partial charge in [0.1, 0.15) is 17.6 Å². The summed E-state index contributed by atoms with van der Waals surface area (Å²) in [5, 5.41) is 7.90. The molecule has 0 saturated heterocycles. The van der Waals surface area contributed by atoms with Crippen molar-refractivity contribution in [3.05, 3.63) is 76.1 Å². The Balaban J connectivity index is 1.57. The maximum Gasteiger partial charge on any atom is 0.252 e. The number of imidazole rings is 1. The number of hydrogen-bond acceptors (Lipinski definition) is 5. The molecular weight excluding hydrogens is 484 g/mol. The second kappa shape index (κ2) is 12.2. The molecule has 37 heavy (non-hydrogen) atoms. The maximum absolute atomic E-state index is 13.3. The van der Waals surface area contributed by atoms with E-state index in [9.17, 15) is 9.59 Å². The number of nitrogens with one attached hydrogen (secondary N) is 2. The largest absolute Gasteiger partial charge is 0.467 e. The van der Waals surface area contributed by atoms with Crippen LogP contribution in [0, 0.1) is 5.92 Å². The maximum atomic E-state index is 13.3. The van der Waals surface area contributed by atoms with Crippen molar-refractivity contribution in [2.75, 3.05) is 0 Å². The summed E-state index contributed by atoms with van der Waals surface area (Å²) in [4.78, 5) is 32.4. The fourth-order valence-electron chi connectivity index (χ4n) is 4.70. The van der Waals surface area contributed by atoms with Crippen molar-refractivity contribution in [3.63, 3.8) is 0 Å². The van der Waals surface area contributed by atoms with E-state index in [1.54, 1.807) is 29.7 Å². The lowest BCUT2D eigenvalue weighted by Gasteiger charge is -2.20. The molecule has 3 aromatic heterocycles. The number of nitrogens with zero attached hydrogens (tertiary/aromatic N) is 2. The van der Waals surface area contributed by atoms with Gasteiger partial charge in [-0.05, 0) is 67.0 Å². The number of furan rings is 1. The molecule has 0 aliphatic rings. The Labute approximate surface area is 222 Å². The second-order valence-corrected chi connectivity index (χ2v) is 10.8. The zero-order valence-electron chi connectivity index (χ0n) is 22.0. The zero-order valence-corrected chi connectivity index (χ0v) is 22.8. The van der Waals surface area contributed by atoms with Crippen LogP contribution in [0.4, 0.5) is 0 Å². The van der Waals surface area contributed by atoms with Gasteiger partial charge < -0.3 is 19.6 Å². The molecule has 0 saturated carbocycles. The van der Waals surface area contributed by atoms with Crippen molar-refractivity contribution in [1.82, 2.24) is 20.2 Å². The number of thiophene rings is 1. The van der Waals surface area contributed by atoms with Gasteiger partial charge in [-0.25, -0.2) is 4.98 Å². The first-order chi connectivity index (χ1) is 17.9. The molecule has 8 heteroatoms. The van der Waals surface area contributed by atoms with Crippen molar-refractivity contribution < 1.29 is 14.0 Å². The highest BCUT2D eigenvalue weighted by atomic mass is 32.1. The third-order valence-electron chi connectivity index (χ3n) is 6.59. The van der Waals surface area contributed by atoms with Crippen LogP contribution in [0.2, 0.25) is 0 Å². The standard InChI is InChI=1S/C29H36N4O3S/c1-5-21(6-2)33-26-12-11-20(16-24(26)31-27(33)17-23-10-8-14-37-23)28(34)32-25(15-19(3)4)29(35)30-18-22-9-7-13-36-22/h7-14,16,19,21,25H,5-6,15,17-18H2,1-4H3,(H,30,35)(H,32,34). The molecule has 0 fully saturated rings. The molecule has 4 rings (SSSR count). The number of fused-ring (bicyclic) bond motifs is 1. The van der Waals surface area contributed by atoms with Gasteiger partial charge in [-0.1, -0.05) is 33.8 Å². The Morgan fingerprint density at radius 3 is 2.57 bits per heavy atom. The highest BCUT2D eigenvalue weighted by Crippen LogP contribution is 2.28. The lowest BCUT2D eigenvalue weighted by Crippen LogP contribution is -2.47. The van der Waals surface area contributed by atoms with Crippen molar-refractivity contribution in [2.24, 2.45) is 5.92 Å². The molecule has 0 aliphatic heterocycles. The predicted octanol–water partition coefficient (Wildman–Crippen LogP) is 6.10. The van der Waals surface area contributed by atoms with Gasteiger partial charge in [0.05, 0.1) is 23.8 Å². The Morgan fingerprint density at radius 1 is 1.11 bits per heavy atom. The second-order valence-electron chi connectivity index (χ2n) is 9.78. The molecule has 1 atom stereocenters. The molecule has 0 radical (unpaired) electrons. The first kappa shape index (κ1) is 26.7. The van der Waals surface area contributed by atoms with Crippen LogP contribution in [0.5, 0.6) is 0 Å². The summed E-state index contributed by atoms with van der Waals surface area (Å²) in [6.07, 6.45) is 4.88. The van der Waals surface area contributed by atoms with Gasteiger partial charge in [0.15, 0.2) is 0 Å². The number of aromatic nitrogens is 2. The Morgan fingerprint density at radius 2 is 1.92 bits per heavy atom. The smallest absolute Gasteiger partial charge is 0.252 e. The van der Waals surface area contributed by atoms with E-state index in [1.807, 2.05) is 32.0 Å². The van der Waals surface area contributed by atoms with E-state index < -0.39 is 6.04 Å². The first-order valence-corrected chi connectivity index (χ1v) is 13.9. The Bertz CT molecular complexity index is 1300. The number of amides is 2. The minimum absolute atomic E-state index is 0.226. The lowest BCUT2D eigenvalue weighted by molar-refractivity contribution is -0.123. The van der Waals surface area contributed by atoms with Crippen LogP contribution in [-0.2, 0) is 17.8 Å². The average molecular weight is 521 g/mol. The van der Waals surface area contributed by atoms with Gasteiger partial charge in [0, 0.05) is 22.9 Å². The molecule has 3 heterocycles. The van der Waals surface area contributed by atoms with Crippen LogP contribution in [0.15, 0.2) is 58.5 Å². The molecule has 0 bridgehead atoms. The molecule has 0 spiro atoms. The van der Waals surface area contributed by atoms with Gasteiger partial charge in [0.25, 0.3) is 5.91 Å². The Hall–Kier alpha value is -3.39. The summed E-state index contributed by atoms with van der Waals surface area (Å²) in [6.45, 7) is 8.74. The average Bonchev–Trinajstić information content (AvgIpc) is 3.65. The van der Waals surface area contributed by atoms with Crippen LogP contribution < -0.4 is 10.6 Å². The molecule has 2 amide bonds. The van der Waals surface area contributed by atoms with Crippen LogP contribution >= 0.6 is 11.3 Å². The summed E-state index contributed by atoms with van der Waals surface area (Å²) in [6, 6.07) is 13.1. The number of carbonyl (C=O) groups is 2. The molecule has 196 valence electrons. The number of benzene rings is 1. The molecule has 2 N–H and O–H groups in total. The van der Waals surface area contributed by atoms with E-state index in [2.05, 4.69) is 46.6 Å². The SMILES string of the molecule is CCC(CC)n1c(Cc2cccs2)nc2cc(C(=O)NC(CC(C)C)C(=O)NCc3ccco3)ccc21. The highest BCUT2D eigenvalue weighted by molar-refractivity contribution is 7.09. The number of hydrogen-bond donors (Lipinski definition) is 2. The summed E-state index contributed by atoms with van der Waals surface area (Å²) >= 11 is 1.73. The third kappa shape index (κ3) is 6.49. The fraction of sp³-hybridized carbons (Fsp3) is 0.414. The van der Waals surface area contributed by atoms with Crippen molar-refractivity contribution in [2.45, 2.75) is 72.0 Å². The van der Waals surface area contributed by atoms with Gasteiger partial charge in [0.2, 0.25) is 5.91 Å². The molecule has 0 aliphatic carbocycles. The van der Waals surface area contributed by atoms with E-state index in [0.29, 0.717) is 23.8 Å². The van der Waals surface area contributed by atoms with Crippen molar-refractivity contribution in [1.29, 1.82) is 0 Å². The summed E-state index contributed by atoms with van der Waals surface area (Å²) in [5.41, 5.74) is 2.33. The first-order valence-electron chi connectivity index (χ1n) is 13.0. The zero-order chi connectivity index (χ0) is 26.4. The summed E-state index contributed by atoms with van der Waals surface area (Å²) in [5.74, 6) is 1.41. The van der Waals surface area contributed by atoms with Gasteiger partial charge in [-0.3, -0.25) is 9.59 Å². The van der Waals surface area contributed by atoms with E-state index >= 15 is 0 Å². The summed E-state index contributed by atoms with van der Waals surface area (Å²) < 4.78 is 7.64. The van der Waals surface area contributed by atoms with Gasteiger partial charge in [-0.2, -0.15) is 0 Å². The predicted molar refractivity (Wildman–Crippen MR) is 148 cm³/mol. The van der Waals surface area contributed by atoms with Gasteiger partial charge in [-0.15, -0.1) is 11.3 Å². The van der Waals surface area contributed by atoms with E-state index in [-0.39, 0.29) is 24.3 Å². The molecule has 4 aromatic rings. The molecule has 1 aromatic carbocycles. The minimum atomic E-state index is -0.644. The quantitative estimate of drug-likeness (QED) is 0.236. The van der Waals surface area contributed by atoms with E-state index in [4.69, 9.17) is 9.40 Å². The fourth-order valence-corrected chi connectivity index (χ4v) is 5.40. The van der Waals surface area contributed by atoms with E-state index in [0.717, 1.165) is 36.1 Å². The lowest BCUT2D eigenvalue weighted by atomic mass is 10.0. The van der Waals surface area contributed by atoms with E-state index in [1.165, 1.54) is 4.88 Å². The van der Waals surface area contributed by atoms with Crippen molar-refractivity contribution >= 4 is 34.2 Å². The van der Waals surface area contributed by atoms with Crippen LogP contribution in [-0.4, -0.2) is 27.4 Å². The monoisotopic (exact) mass is 520 g/mol. The normalized spacial score (nSPS) is 12.4. The molecule has 7 nitrogen and oxygen atoms in total. The summed E-state index contributed by atoms with van der Waals surface area (Å²) in [7, 11) is 0. The van der Waals surface area contributed by atoms with Crippen LogP contribution in [0.3, 0.4) is 0 Å². The van der Waals surface area contributed by atoms with Gasteiger partial charge >= 0.3 is 0 Å². The topological polar surface area (TPSA) is 89.2 Å². The Kier molecular flexibility index (Phi) is 8.82. The minimum Gasteiger partial charge on any atom is -0.467 e.